The number of aromatic nitrogens is 2. The molecular formula is C10H17N3O. The van der Waals surface area contributed by atoms with E-state index in [4.69, 9.17) is 10.5 Å². The first-order chi connectivity index (χ1) is 6.56. The minimum absolute atomic E-state index is 0.208. The Balaban J connectivity index is 2.22. The number of ether oxygens (including phenoxy) is 1. The van der Waals surface area contributed by atoms with Crippen molar-refractivity contribution in [1.82, 2.24) is 10.2 Å². The van der Waals surface area contributed by atoms with Gasteiger partial charge in [-0.1, -0.05) is 0 Å². The molecule has 0 saturated heterocycles. The van der Waals surface area contributed by atoms with Gasteiger partial charge in [0.2, 0.25) is 0 Å². The largest absolute Gasteiger partial charge is 0.376 e. The van der Waals surface area contributed by atoms with Crippen LogP contribution < -0.4 is 5.73 Å². The van der Waals surface area contributed by atoms with Crippen LogP contribution in [-0.4, -0.2) is 22.3 Å². The van der Waals surface area contributed by atoms with Crippen LogP contribution in [0.4, 0.5) is 0 Å². The highest BCUT2D eigenvalue weighted by molar-refractivity contribution is 5.27. The molecule has 1 aliphatic rings. The van der Waals surface area contributed by atoms with Crippen LogP contribution in [0.5, 0.6) is 0 Å². The number of nitrogens with zero attached hydrogens (tertiary/aromatic N) is 1. The van der Waals surface area contributed by atoms with E-state index in [1.807, 2.05) is 13.8 Å². The van der Waals surface area contributed by atoms with Crippen molar-refractivity contribution >= 4 is 0 Å². The Hall–Kier alpha value is -0.870. The van der Waals surface area contributed by atoms with E-state index in [0.717, 1.165) is 25.1 Å². The van der Waals surface area contributed by atoms with Crippen molar-refractivity contribution in [2.75, 3.05) is 6.61 Å². The molecule has 2 rings (SSSR count). The second kappa shape index (κ2) is 3.37. The van der Waals surface area contributed by atoms with Crippen molar-refractivity contribution in [2.45, 2.75) is 38.8 Å². The Kier molecular flexibility index (Phi) is 2.33. The molecule has 3 N–H and O–H groups in total. The maximum absolute atomic E-state index is 5.97. The van der Waals surface area contributed by atoms with Gasteiger partial charge in [0.1, 0.15) is 0 Å². The van der Waals surface area contributed by atoms with Crippen molar-refractivity contribution in [3.05, 3.63) is 17.0 Å². The van der Waals surface area contributed by atoms with E-state index in [0.29, 0.717) is 6.61 Å². The summed E-state index contributed by atoms with van der Waals surface area (Å²) in [5.41, 5.74) is 9.25. The van der Waals surface area contributed by atoms with Crippen molar-refractivity contribution in [1.29, 1.82) is 0 Å². The maximum Gasteiger partial charge on any atom is 0.0753 e. The van der Waals surface area contributed by atoms with Gasteiger partial charge in [-0.05, 0) is 13.8 Å². The Bertz CT molecular complexity index is 325. The molecule has 2 heterocycles. The molecule has 0 spiro atoms. The van der Waals surface area contributed by atoms with Crippen LogP contribution in [0.2, 0.25) is 0 Å². The Morgan fingerprint density at radius 2 is 2.36 bits per heavy atom. The molecule has 4 nitrogen and oxygen atoms in total. The fourth-order valence-electron chi connectivity index (χ4n) is 1.75. The zero-order valence-electron chi connectivity index (χ0n) is 8.76. The zero-order chi connectivity index (χ0) is 10.2. The lowest BCUT2D eigenvalue weighted by Gasteiger charge is -2.19. The second-order valence-corrected chi connectivity index (χ2v) is 4.60. The molecule has 78 valence electrons. The molecule has 0 saturated carbocycles. The SMILES string of the molecule is CC(C)(N)Cc1n[nH]c2c1COCC2. The molecule has 4 heteroatoms. The molecular weight excluding hydrogens is 178 g/mol. The highest BCUT2D eigenvalue weighted by Crippen LogP contribution is 2.20. The number of hydrogen-bond acceptors (Lipinski definition) is 3. The molecule has 1 aliphatic heterocycles. The Labute approximate surface area is 83.8 Å². The second-order valence-electron chi connectivity index (χ2n) is 4.60. The summed E-state index contributed by atoms with van der Waals surface area (Å²) in [5, 5.41) is 7.36. The lowest BCUT2D eigenvalue weighted by atomic mass is 9.96. The van der Waals surface area contributed by atoms with E-state index in [1.54, 1.807) is 0 Å². The zero-order valence-corrected chi connectivity index (χ0v) is 8.76. The van der Waals surface area contributed by atoms with Gasteiger partial charge in [-0.15, -0.1) is 0 Å². The van der Waals surface area contributed by atoms with Crippen LogP contribution >= 0.6 is 0 Å². The summed E-state index contributed by atoms with van der Waals surface area (Å²) in [6.45, 7) is 5.49. The topological polar surface area (TPSA) is 63.9 Å². The van der Waals surface area contributed by atoms with Crippen LogP contribution in [0.1, 0.15) is 30.8 Å². The Morgan fingerprint density at radius 3 is 3.07 bits per heavy atom. The number of nitrogens with two attached hydrogens (primary N) is 1. The summed E-state index contributed by atoms with van der Waals surface area (Å²) in [4.78, 5) is 0. The van der Waals surface area contributed by atoms with Gasteiger partial charge in [-0.2, -0.15) is 5.10 Å². The number of H-pyrrole nitrogens is 1. The van der Waals surface area contributed by atoms with Crippen LogP contribution in [-0.2, 0) is 24.2 Å². The number of nitrogens with one attached hydrogen (secondary N) is 1. The fraction of sp³-hybridized carbons (Fsp3) is 0.700. The minimum Gasteiger partial charge on any atom is -0.376 e. The number of rotatable bonds is 2. The molecule has 0 atom stereocenters. The summed E-state index contributed by atoms with van der Waals surface area (Å²) in [6.07, 6.45) is 1.73. The molecule has 0 aromatic carbocycles. The molecule has 14 heavy (non-hydrogen) atoms. The first-order valence-electron chi connectivity index (χ1n) is 4.98. The summed E-state index contributed by atoms with van der Waals surface area (Å²) in [5.74, 6) is 0. The number of fused-ring (bicyclic) bond motifs is 1. The van der Waals surface area contributed by atoms with Crippen LogP contribution in [0.3, 0.4) is 0 Å². The smallest absolute Gasteiger partial charge is 0.0753 e. The average Bonchev–Trinajstić information content (AvgIpc) is 2.47. The molecule has 1 aromatic rings. The molecule has 0 amide bonds. The summed E-state index contributed by atoms with van der Waals surface area (Å²) in [6, 6.07) is 0. The number of aromatic amines is 1. The number of hydrogen-bond donors (Lipinski definition) is 2. The van der Waals surface area contributed by atoms with E-state index in [2.05, 4.69) is 10.2 Å². The summed E-state index contributed by atoms with van der Waals surface area (Å²) in [7, 11) is 0. The van der Waals surface area contributed by atoms with Gasteiger partial charge in [0, 0.05) is 29.6 Å². The van der Waals surface area contributed by atoms with Gasteiger partial charge in [-0.25, -0.2) is 0 Å². The normalized spacial score (nSPS) is 16.8. The quantitative estimate of drug-likeness (QED) is 0.732. The molecule has 0 fully saturated rings. The Morgan fingerprint density at radius 1 is 1.57 bits per heavy atom. The molecule has 0 radical (unpaired) electrons. The van der Waals surface area contributed by atoms with Crippen LogP contribution in [0, 0.1) is 0 Å². The molecule has 0 aliphatic carbocycles. The minimum atomic E-state index is -0.208. The van der Waals surface area contributed by atoms with Gasteiger partial charge >= 0.3 is 0 Å². The van der Waals surface area contributed by atoms with Crippen molar-refractivity contribution < 1.29 is 4.74 Å². The van der Waals surface area contributed by atoms with E-state index < -0.39 is 0 Å². The molecule has 1 aromatic heterocycles. The maximum atomic E-state index is 5.97. The fourth-order valence-corrected chi connectivity index (χ4v) is 1.75. The van der Waals surface area contributed by atoms with Gasteiger partial charge in [0.15, 0.2) is 0 Å². The van der Waals surface area contributed by atoms with Crippen LogP contribution in [0.15, 0.2) is 0 Å². The van der Waals surface area contributed by atoms with E-state index in [9.17, 15) is 0 Å². The first-order valence-corrected chi connectivity index (χ1v) is 4.98. The molecule has 0 unspecified atom stereocenters. The van der Waals surface area contributed by atoms with E-state index >= 15 is 0 Å². The highest BCUT2D eigenvalue weighted by atomic mass is 16.5. The van der Waals surface area contributed by atoms with E-state index in [1.165, 1.54) is 11.3 Å². The van der Waals surface area contributed by atoms with Gasteiger partial charge in [0.25, 0.3) is 0 Å². The van der Waals surface area contributed by atoms with Crippen molar-refractivity contribution in [3.8, 4) is 0 Å². The molecule has 0 bridgehead atoms. The van der Waals surface area contributed by atoms with Gasteiger partial charge < -0.3 is 10.5 Å². The third kappa shape index (κ3) is 1.96. The third-order valence-corrected chi connectivity index (χ3v) is 2.40. The van der Waals surface area contributed by atoms with E-state index in [-0.39, 0.29) is 5.54 Å². The monoisotopic (exact) mass is 195 g/mol. The first kappa shape index (κ1) is 9.68. The lowest BCUT2D eigenvalue weighted by molar-refractivity contribution is 0.109. The lowest BCUT2D eigenvalue weighted by Crippen LogP contribution is -2.35. The van der Waals surface area contributed by atoms with Gasteiger partial charge in [0.05, 0.1) is 18.9 Å². The third-order valence-electron chi connectivity index (χ3n) is 2.40. The van der Waals surface area contributed by atoms with Gasteiger partial charge in [-0.3, -0.25) is 5.10 Å². The predicted molar refractivity (Wildman–Crippen MR) is 53.9 cm³/mol. The summed E-state index contributed by atoms with van der Waals surface area (Å²) >= 11 is 0. The summed E-state index contributed by atoms with van der Waals surface area (Å²) < 4.78 is 5.41. The van der Waals surface area contributed by atoms with Crippen molar-refractivity contribution in [3.63, 3.8) is 0 Å². The average molecular weight is 195 g/mol. The van der Waals surface area contributed by atoms with Crippen molar-refractivity contribution in [2.24, 2.45) is 5.73 Å². The predicted octanol–water partition coefficient (Wildman–Crippen LogP) is 0.762. The highest BCUT2D eigenvalue weighted by Gasteiger charge is 2.21. The van der Waals surface area contributed by atoms with Crippen LogP contribution in [0.25, 0.3) is 0 Å². The standard InChI is InChI=1S/C10H17N3O/c1-10(2,11)5-9-7-6-14-4-3-8(7)12-13-9/h3-6,11H2,1-2H3,(H,12,13).